The molecule has 108 valence electrons. The molecule has 1 aromatic rings. The minimum Gasteiger partial charge on any atom is -0.481 e. The number of aliphatic carboxylic acids is 1. The number of hydrogen-bond acceptors (Lipinski definition) is 3. The number of nitrogens with one attached hydrogen (secondary N) is 2. The Morgan fingerprint density at radius 2 is 2.00 bits per heavy atom. The fourth-order valence-electron chi connectivity index (χ4n) is 2.60. The standard InChI is InChI=1S/C15H20N2O3/c18-13-11-16-15(17-13,9-5-4-8-14(19)20)10-12-6-2-1-3-7-12/h1-3,6-7,16H,4-5,8-11H2,(H,17,18)(H,19,20). The van der Waals surface area contributed by atoms with E-state index < -0.39 is 11.6 Å². The number of hydrogen-bond donors (Lipinski definition) is 3. The lowest BCUT2D eigenvalue weighted by Crippen LogP contribution is -2.51. The molecule has 1 saturated heterocycles. The van der Waals surface area contributed by atoms with Gasteiger partial charge in [0.1, 0.15) is 0 Å². The Kier molecular flexibility index (Phi) is 4.74. The minimum atomic E-state index is -0.773. The van der Waals surface area contributed by atoms with E-state index in [9.17, 15) is 9.59 Å². The molecule has 0 aliphatic carbocycles. The molecule has 1 fully saturated rings. The van der Waals surface area contributed by atoms with Gasteiger partial charge in [-0.2, -0.15) is 0 Å². The maximum Gasteiger partial charge on any atom is 0.303 e. The van der Waals surface area contributed by atoms with Gasteiger partial charge in [0.25, 0.3) is 0 Å². The molecular formula is C15H20N2O3. The molecule has 0 saturated carbocycles. The van der Waals surface area contributed by atoms with Crippen LogP contribution >= 0.6 is 0 Å². The van der Waals surface area contributed by atoms with Crippen LogP contribution in [0.15, 0.2) is 30.3 Å². The number of rotatable bonds is 7. The lowest BCUT2D eigenvalue weighted by Gasteiger charge is -2.29. The molecule has 3 N–H and O–H groups in total. The maximum absolute atomic E-state index is 11.5. The Balaban J connectivity index is 1.95. The predicted molar refractivity (Wildman–Crippen MR) is 75.1 cm³/mol. The predicted octanol–water partition coefficient (Wildman–Crippen LogP) is 1.29. The third-order valence-electron chi connectivity index (χ3n) is 3.56. The van der Waals surface area contributed by atoms with Crippen LogP contribution in [0.3, 0.4) is 0 Å². The quantitative estimate of drug-likeness (QED) is 0.656. The highest BCUT2D eigenvalue weighted by molar-refractivity contribution is 5.81. The molecule has 0 aromatic heterocycles. The van der Waals surface area contributed by atoms with E-state index in [1.807, 2.05) is 30.3 Å². The number of amides is 1. The summed E-state index contributed by atoms with van der Waals surface area (Å²) < 4.78 is 0. The molecule has 20 heavy (non-hydrogen) atoms. The van der Waals surface area contributed by atoms with Crippen molar-refractivity contribution < 1.29 is 14.7 Å². The molecule has 1 amide bonds. The van der Waals surface area contributed by atoms with Gasteiger partial charge in [-0.05, 0) is 24.8 Å². The normalized spacial score (nSPS) is 21.7. The van der Waals surface area contributed by atoms with Crippen molar-refractivity contribution in [3.8, 4) is 0 Å². The fraction of sp³-hybridized carbons (Fsp3) is 0.467. The van der Waals surface area contributed by atoms with Gasteiger partial charge in [-0.25, -0.2) is 0 Å². The molecule has 5 nitrogen and oxygen atoms in total. The van der Waals surface area contributed by atoms with Crippen molar-refractivity contribution in [2.75, 3.05) is 6.54 Å². The first-order chi connectivity index (χ1) is 9.60. The van der Waals surface area contributed by atoms with E-state index in [-0.39, 0.29) is 12.3 Å². The first-order valence-electron chi connectivity index (χ1n) is 6.91. The summed E-state index contributed by atoms with van der Waals surface area (Å²) in [5.74, 6) is -0.773. The van der Waals surface area contributed by atoms with Crippen LogP contribution in [-0.4, -0.2) is 29.2 Å². The Morgan fingerprint density at radius 3 is 2.60 bits per heavy atom. The van der Waals surface area contributed by atoms with Gasteiger partial charge < -0.3 is 10.4 Å². The van der Waals surface area contributed by atoms with Crippen molar-refractivity contribution in [1.29, 1.82) is 0 Å². The van der Waals surface area contributed by atoms with Crippen LogP contribution in [0.4, 0.5) is 0 Å². The number of carbonyl (C=O) groups excluding carboxylic acids is 1. The number of carboxylic acids is 1. The molecule has 1 aliphatic rings. The number of carbonyl (C=O) groups is 2. The van der Waals surface area contributed by atoms with Gasteiger partial charge in [0, 0.05) is 12.8 Å². The van der Waals surface area contributed by atoms with Crippen molar-refractivity contribution in [2.45, 2.75) is 37.8 Å². The summed E-state index contributed by atoms with van der Waals surface area (Å²) in [6, 6.07) is 9.98. The van der Waals surface area contributed by atoms with E-state index in [0.29, 0.717) is 19.4 Å². The minimum absolute atomic E-state index is 0.000772. The summed E-state index contributed by atoms with van der Waals surface area (Å²) >= 11 is 0. The Hall–Kier alpha value is -1.88. The smallest absolute Gasteiger partial charge is 0.303 e. The lowest BCUT2D eigenvalue weighted by atomic mass is 9.94. The lowest BCUT2D eigenvalue weighted by molar-refractivity contribution is -0.137. The fourth-order valence-corrected chi connectivity index (χ4v) is 2.60. The highest BCUT2D eigenvalue weighted by Crippen LogP contribution is 2.21. The second-order valence-corrected chi connectivity index (χ2v) is 5.25. The largest absolute Gasteiger partial charge is 0.481 e. The van der Waals surface area contributed by atoms with Gasteiger partial charge in [-0.15, -0.1) is 0 Å². The molecular weight excluding hydrogens is 256 g/mol. The van der Waals surface area contributed by atoms with Crippen LogP contribution in [0.5, 0.6) is 0 Å². The van der Waals surface area contributed by atoms with Gasteiger partial charge in [0.2, 0.25) is 5.91 Å². The van der Waals surface area contributed by atoms with Crippen LogP contribution in [-0.2, 0) is 16.0 Å². The molecule has 2 rings (SSSR count). The zero-order valence-electron chi connectivity index (χ0n) is 11.4. The molecule has 0 radical (unpaired) electrons. The average molecular weight is 276 g/mol. The van der Waals surface area contributed by atoms with Crippen molar-refractivity contribution in [2.24, 2.45) is 0 Å². The first-order valence-corrected chi connectivity index (χ1v) is 6.91. The second kappa shape index (κ2) is 6.52. The van der Waals surface area contributed by atoms with Crippen LogP contribution in [0.25, 0.3) is 0 Å². The summed E-state index contributed by atoms with van der Waals surface area (Å²) in [5.41, 5.74) is 0.720. The molecule has 1 aliphatic heterocycles. The molecule has 5 heteroatoms. The van der Waals surface area contributed by atoms with Gasteiger partial charge in [-0.1, -0.05) is 30.3 Å². The maximum atomic E-state index is 11.5. The summed E-state index contributed by atoms with van der Waals surface area (Å²) in [7, 11) is 0. The van der Waals surface area contributed by atoms with Crippen LogP contribution < -0.4 is 10.6 Å². The highest BCUT2D eigenvalue weighted by atomic mass is 16.4. The SMILES string of the molecule is O=C(O)CCCCC1(Cc2ccccc2)NCC(=O)N1. The van der Waals surface area contributed by atoms with E-state index in [4.69, 9.17) is 5.11 Å². The Bertz CT molecular complexity index is 475. The summed E-state index contributed by atoms with van der Waals surface area (Å²) in [5, 5.41) is 14.9. The van der Waals surface area contributed by atoms with Crippen molar-refractivity contribution >= 4 is 11.9 Å². The van der Waals surface area contributed by atoms with Crippen LogP contribution in [0.2, 0.25) is 0 Å². The van der Waals surface area contributed by atoms with E-state index in [0.717, 1.165) is 18.4 Å². The van der Waals surface area contributed by atoms with Gasteiger partial charge in [0.15, 0.2) is 0 Å². The topological polar surface area (TPSA) is 78.4 Å². The third-order valence-corrected chi connectivity index (χ3v) is 3.56. The van der Waals surface area contributed by atoms with Crippen LogP contribution in [0, 0.1) is 0 Å². The molecule has 1 aromatic carbocycles. The van der Waals surface area contributed by atoms with Gasteiger partial charge in [0.05, 0.1) is 12.2 Å². The second-order valence-electron chi connectivity index (χ2n) is 5.25. The number of unbranched alkanes of at least 4 members (excludes halogenated alkanes) is 1. The van der Waals surface area contributed by atoms with E-state index in [1.165, 1.54) is 0 Å². The van der Waals surface area contributed by atoms with Crippen LogP contribution in [0.1, 0.15) is 31.2 Å². The molecule has 1 unspecified atom stereocenters. The molecule has 1 atom stereocenters. The van der Waals surface area contributed by atoms with Gasteiger partial charge in [-0.3, -0.25) is 14.9 Å². The molecule has 1 heterocycles. The van der Waals surface area contributed by atoms with E-state index in [1.54, 1.807) is 0 Å². The summed E-state index contributed by atoms with van der Waals surface area (Å²) in [6.45, 7) is 0.325. The Labute approximate surface area is 118 Å². The first kappa shape index (κ1) is 14.5. The zero-order valence-corrected chi connectivity index (χ0v) is 11.4. The molecule has 0 spiro atoms. The van der Waals surface area contributed by atoms with Crippen molar-refractivity contribution in [3.63, 3.8) is 0 Å². The number of carboxylic acid groups (broad SMARTS) is 1. The van der Waals surface area contributed by atoms with Gasteiger partial charge >= 0.3 is 5.97 Å². The zero-order chi connectivity index (χ0) is 14.4. The summed E-state index contributed by atoms with van der Waals surface area (Å²) in [4.78, 5) is 22.1. The van der Waals surface area contributed by atoms with E-state index >= 15 is 0 Å². The number of benzene rings is 1. The average Bonchev–Trinajstić information content (AvgIpc) is 2.77. The third kappa shape index (κ3) is 4.06. The Morgan fingerprint density at radius 1 is 1.25 bits per heavy atom. The molecule has 0 bridgehead atoms. The monoisotopic (exact) mass is 276 g/mol. The van der Waals surface area contributed by atoms with E-state index in [2.05, 4.69) is 10.6 Å². The van der Waals surface area contributed by atoms with Crippen molar-refractivity contribution in [3.05, 3.63) is 35.9 Å². The summed E-state index contributed by atoms with van der Waals surface area (Å²) in [6.07, 6.45) is 3.03. The highest BCUT2D eigenvalue weighted by Gasteiger charge is 2.36. The van der Waals surface area contributed by atoms with Crippen molar-refractivity contribution in [1.82, 2.24) is 10.6 Å².